The number of para-hydroxylation sites is 1. The van der Waals surface area contributed by atoms with E-state index >= 15 is 0 Å². The lowest BCUT2D eigenvalue weighted by Crippen LogP contribution is -2.18. The maximum Gasteiger partial charge on any atom is 0.250 e. The van der Waals surface area contributed by atoms with Crippen LogP contribution in [0.15, 0.2) is 29.8 Å². The summed E-state index contributed by atoms with van der Waals surface area (Å²) in [5.41, 5.74) is 12.7. The molecule has 0 fully saturated rings. The van der Waals surface area contributed by atoms with E-state index in [1.54, 1.807) is 35.7 Å². The number of anilines is 2. The molecular formula is C13H16N4OS. The van der Waals surface area contributed by atoms with E-state index in [1.807, 2.05) is 5.38 Å². The number of nitrogens with two attached hydrogens (primary N) is 2. The highest BCUT2D eigenvalue weighted by Gasteiger charge is 2.13. The van der Waals surface area contributed by atoms with Gasteiger partial charge < -0.3 is 16.8 Å². The fraction of sp³-hybridized carbons (Fsp3) is 0.231. The van der Waals surface area contributed by atoms with Gasteiger partial charge in [0.05, 0.1) is 21.9 Å². The van der Waals surface area contributed by atoms with Crippen LogP contribution < -0.4 is 16.8 Å². The van der Waals surface area contributed by atoms with Crippen molar-refractivity contribution >= 4 is 28.6 Å². The van der Waals surface area contributed by atoms with Gasteiger partial charge in [-0.25, -0.2) is 4.98 Å². The minimum Gasteiger partial charge on any atom is -0.397 e. The molecule has 5 nitrogen and oxygen atoms in total. The van der Waals surface area contributed by atoms with Gasteiger partial charge in [0.1, 0.15) is 0 Å². The smallest absolute Gasteiger partial charge is 0.250 e. The van der Waals surface area contributed by atoms with Gasteiger partial charge in [-0.3, -0.25) is 4.79 Å². The Morgan fingerprint density at radius 2 is 2.32 bits per heavy atom. The quantitative estimate of drug-likeness (QED) is 0.728. The molecule has 1 heterocycles. The zero-order valence-corrected chi connectivity index (χ0v) is 11.4. The molecule has 2 rings (SSSR count). The molecule has 0 aliphatic heterocycles. The van der Waals surface area contributed by atoms with Crippen molar-refractivity contribution in [1.29, 1.82) is 0 Å². The summed E-state index contributed by atoms with van der Waals surface area (Å²) < 4.78 is 0. The summed E-state index contributed by atoms with van der Waals surface area (Å²) in [4.78, 5) is 15.6. The average molecular weight is 276 g/mol. The highest BCUT2D eigenvalue weighted by Crippen LogP contribution is 2.25. The molecule has 1 unspecified atom stereocenters. The molecule has 5 N–H and O–H groups in total. The van der Waals surface area contributed by atoms with E-state index in [0.717, 1.165) is 5.01 Å². The lowest BCUT2D eigenvalue weighted by molar-refractivity contribution is 0.100. The average Bonchev–Trinajstić information content (AvgIpc) is 2.90. The molecule has 100 valence electrons. The molecule has 1 atom stereocenters. The van der Waals surface area contributed by atoms with E-state index in [2.05, 4.69) is 17.2 Å². The van der Waals surface area contributed by atoms with Gasteiger partial charge in [0.15, 0.2) is 0 Å². The zero-order valence-electron chi connectivity index (χ0n) is 10.6. The first-order chi connectivity index (χ1) is 9.09. The third-order valence-electron chi connectivity index (χ3n) is 2.82. The number of carbonyl (C=O) groups excluding carboxylic acids is 1. The van der Waals surface area contributed by atoms with Crippen molar-refractivity contribution < 1.29 is 4.79 Å². The Morgan fingerprint density at radius 1 is 1.53 bits per heavy atom. The molecule has 1 amide bonds. The zero-order chi connectivity index (χ0) is 13.8. The number of carbonyl (C=O) groups is 1. The van der Waals surface area contributed by atoms with Crippen LogP contribution in [0.5, 0.6) is 0 Å². The van der Waals surface area contributed by atoms with Crippen LogP contribution >= 0.6 is 11.3 Å². The number of nitrogen functional groups attached to an aromatic ring is 1. The molecule has 0 spiro atoms. The van der Waals surface area contributed by atoms with E-state index in [1.165, 1.54) is 0 Å². The fourth-order valence-electron chi connectivity index (χ4n) is 1.79. The molecule has 0 radical (unpaired) electrons. The predicted molar refractivity (Wildman–Crippen MR) is 78.4 cm³/mol. The summed E-state index contributed by atoms with van der Waals surface area (Å²) >= 11 is 1.61. The SMILES string of the molecule is CC(CNc1c(N)cccc1C(N)=O)c1nccs1. The Morgan fingerprint density at radius 3 is 2.95 bits per heavy atom. The van der Waals surface area contributed by atoms with Crippen LogP contribution in [0.1, 0.15) is 28.2 Å². The molecule has 0 bridgehead atoms. The van der Waals surface area contributed by atoms with Gasteiger partial charge >= 0.3 is 0 Å². The predicted octanol–water partition coefficient (Wildman–Crippen LogP) is 2.04. The first-order valence-corrected chi connectivity index (χ1v) is 6.79. The van der Waals surface area contributed by atoms with Gasteiger partial charge in [0, 0.05) is 24.0 Å². The molecule has 1 aromatic heterocycles. The number of aromatic nitrogens is 1. The molecule has 2 aromatic rings. The summed E-state index contributed by atoms with van der Waals surface area (Å²) in [7, 11) is 0. The van der Waals surface area contributed by atoms with Crippen LogP contribution in [-0.4, -0.2) is 17.4 Å². The van der Waals surface area contributed by atoms with E-state index in [4.69, 9.17) is 11.5 Å². The van der Waals surface area contributed by atoms with Crippen molar-refractivity contribution in [3.8, 4) is 0 Å². The highest BCUT2D eigenvalue weighted by atomic mass is 32.1. The van der Waals surface area contributed by atoms with Crippen LogP contribution in [0, 0.1) is 0 Å². The van der Waals surface area contributed by atoms with Gasteiger partial charge in [-0.05, 0) is 12.1 Å². The topological polar surface area (TPSA) is 94.0 Å². The molecule has 19 heavy (non-hydrogen) atoms. The first kappa shape index (κ1) is 13.4. The molecule has 0 aliphatic carbocycles. The molecule has 0 saturated heterocycles. The lowest BCUT2D eigenvalue weighted by Gasteiger charge is -2.15. The van der Waals surface area contributed by atoms with Crippen molar-refractivity contribution in [3.63, 3.8) is 0 Å². The summed E-state index contributed by atoms with van der Waals surface area (Å²) in [6.45, 7) is 2.71. The largest absolute Gasteiger partial charge is 0.397 e. The van der Waals surface area contributed by atoms with Crippen molar-refractivity contribution in [1.82, 2.24) is 4.98 Å². The third-order valence-corrected chi connectivity index (χ3v) is 3.83. The van der Waals surface area contributed by atoms with Gasteiger partial charge in [0.25, 0.3) is 5.91 Å². The number of benzene rings is 1. The number of nitrogens with one attached hydrogen (secondary N) is 1. The van der Waals surface area contributed by atoms with Crippen molar-refractivity contribution in [2.45, 2.75) is 12.8 Å². The number of hydrogen-bond acceptors (Lipinski definition) is 5. The van der Waals surface area contributed by atoms with Crippen LogP contribution in [0.4, 0.5) is 11.4 Å². The third kappa shape index (κ3) is 3.03. The summed E-state index contributed by atoms with van der Waals surface area (Å²) in [5.74, 6) is -0.253. The van der Waals surface area contributed by atoms with Gasteiger partial charge in [-0.1, -0.05) is 13.0 Å². The standard InChI is InChI=1S/C13H16N4OS/c1-8(13-16-5-6-19-13)7-17-11-9(12(15)18)3-2-4-10(11)14/h2-6,8,17H,7,14H2,1H3,(H2,15,18). The van der Waals surface area contributed by atoms with E-state index < -0.39 is 5.91 Å². The monoisotopic (exact) mass is 276 g/mol. The Balaban J connectivity index is 2.13. The molecule has 0 aliphatic rings. The summed E-state index contributed by atoms with van der Waals surface area (Å²) in [6, 6.07) is 5.11. The van der Waals surface area contributed by atoms with Gasteiger partial charge in [0.2, 0.25) is 0 Å². The fourth-order valence-corrected chi connectivity index (χ4v) is 2.49. The molecule has 6 heteroatoms. The molecule has 1 aromatic carbocycles. The van der Waals surface area contributed by atoms with Crippen LogP contribution in [0.3, 0.4) is 0 Å². The number of hydrogen-bond donors (Lipinski definition) is 3. The second kappa shape index (κ2) is 5.71. The van der Waals surface area contributed by atoms with Gasteiger partial charge in [-0.2, -0.15) is 0 Å². The Labute approximate surface area is 115 Å². The van der Waals surface area contributed by atoms with Crippen molar-refractivity contribution in [3.05, 3.63) is 40.3 Å². The second-order valence-electron chi connectivity index (χ2n) is 4.29. The normalized spacial score (nSPS) is 12.1. The van der Waals surface area contributed by atoms with Crippen molar-refractivity contribution in [2.24, 2.45) is 5.73 Å². The van der Waals surface area contributed by atoms with E-state index in [-0.39, 0.29) is 5.92 Å². The number of primary amides is 1. The Bertz CT molecular complexity index is 568. The van der Waals surface area contributed by atoms with E-state index in [0.29, 0.717) is 23.5 Å². The second-order valence-corrected chi connectivity index (χ2v) is 5.21. The number of nitrogens with zero attached hydrogens (tertiary/aromatic N) is 1. The van der Waals surface area contributed by atoms with Crippen LogP contribution in [-0.2, 0) is 0 Å². The summed E-state index contributed by atoms with van der Waals surface area (Å²) in [6.07, 6.45) is 1.78. The number of thiazole rings is 1. The van der Waals surface area contributed by atoms with Gasteiger partial charge in [-0.15, -0.1) is 11.3 Å². The molecular weight excluding hydrogens is 260 g/mol. The summed E-state index contributed by atoms with van der Waals surface area (Å²) in [5, 5.41) is 6.18. The van der Waals surface area contributed by atoms with Crippen molar-refractivity contribution in [2.75, 3.05) is 17.6 Å². The van der Waals surface area contributed by atoms with E-state index in [9.17, 15) is 4.79 Å². The minimum atomic E-state index is -0.489. The lowest BCUT2D eigenvalue weighted by atomic mass is 10.1. The number of amides is 1. The number of rotatable bonds is 5. The maximum absolute atomic E-state index is 11.4. The highest BCUT2D eigenvalue weighted by molar-refractivity contribution is 7.09. The van der Waals surface area contributed by atoms with Crippen LogP contribution in [0.2, 0.25) is 0 Å². The first-order valence-electron chi connectivity index (χ1n) is 5.91. The Kier molecular flexibility index (Phi) is 4.01. The molecule has 0 saturated carbocycles. The Hall–Kier alpha value is -2.08. The van der Waals surface area contributed by atoms with Crippen LogP contribution in [0.25, 0.3) is 0 Å². The minimum absolute atomic E-state index is 0.236. The maximum atomic E-state index is 11.4.